The standard InChI is InChI=1S/C42H32Cl2O12/c1-25(43)23-51-37(45)27-7-15-33(16-8-27)55-41(49)31-11-19-35(20-12-31)53-39(47)29-3-5-30(6-4-29)40(48)54-36-21-13-32(14-22-36)42(50)56-34-17-9-28(10-18-34)38(46)52-24-26(2)44/h3-22,25-26H,23-24H2,1-2H3. The predicted octanol–water partition coefficient (Wildman–Crippen LogP) is 8.13. The molecule has 286 valence electrons. The van der Waals surface area contributed by atoms with E-state index in [1.165, 1.54) is 121 Å². The van der Waals surface area contributed by atoms with Crippen molar-refractivity contribution in [3.05, 3.63) is 155 Å². The van der Waals surface area contributed by atoms with E-state index in [0.717, 1.165) is 0 Å². The van der Waals surface area contributed by atoms with Gasteiger partial charge in [-0.25, -0.2) is 28.8 Å². The van der Waals surface area contributed by atoms with Gasteiger partial charge in [0.05, 0.1) is 44.1 Å². The number of hydrogen-bond acceptors (Lipinski definition) is 12. The van der Waals surface area contributed by atoms with E-state index in [-0.39, 0.29) is 80.3 Å². The number of ether oxygens (including phenoxy) is 6. The van der Waals surface area contributed by atoms with E-state index >= 15 is 0 Å². The molecule has 5 aromatic carbocycles. The summed E-state index contributed by atoms with van der Waals surface area (Å²) in [5.41, 5.74) is 1.20. The Labute approximate surface area is 330 Å². The molecular weight excluding hydrogens is 767 g/mol. The molecule has 0 spiro atoms. The monoisotopic (exact) mass is 798 g/mol. The summed E-state index contributed by atoms with van der Waals surface area (Å²) in [5, 5.41) is -0.651. The molecule has 5 aromatic rings. The molecule has 0 radical (unpaired) electrons. The van der Waals surface area contributed by atoms with Gasteiger partial charge in [0.1, 0.15) is 36.2 Å². The Kier molecular flexibility index (Phi) is 13.9. The van der Waals surface area contributed by atoms with Crippen LogP contribution in [0, 0.1) is 0 Å². The highest BCUT2D eigenvalue weighted by atomic mass is 35.5. The van der Waals surface area contributed by atoms with Gasteiger partial charge in [0.25, 0.3) is 0 Å². The Bertz CT molecular complexity index is 2020. The van der Waals surface area contributed by atoms with E-state index in [2.05, 4.69) is 0 Å². The van der Waals surface area contributed by atoms with Crippen molar-refractivity contribution < 1.29 is 57.2 Å². The second kappa shape index (κ2) is 19.2. The normalized spacial score (nSPS) is 11.6. The molecule has 0 bridgehead atoms. The predicted molar refractivity (Wildman–Crippen MR) is 203 cm³/mol. The highest BCUT2D eigenvalue weighted by molar-refractivity contribution is 6.20. The number of halogens is 2. The minimum absolute atomic E-state index is 0.0617. The minimum Gasteiger partial charge on any atom is -0.461 e. The van der Waals surface area contributed by atoms with Gasteiger partial charge in [-0.2, -0.15) is 0 Å². The fourth-order valence-electron chi connectivity index (χ4n) is 4.59. The summed E-state index contributed by atoms with van der Waals surface area (Å²) in [6.45, 7) is 3.52. The molecule has 12 nitrogen and oxygen atoms in total. The first-order chi connectivity index (χ1) is 26.8. The van der Waals surface area contributed by atoms with Crippen LogP contribution in [0.3, 0.4) is 0 Å². The maximum Gasteiger partial charge on any atom is 0.343 e. The summed E-state index contributed by atoms with van der Waals surface area (Å²) in [7, 11) is 0. The van der Waals surface area contributed by atoms with Gasteiger partial charge in [-0.15, -0.1) is 23.2 Å². The first kappa shape index (κ1) is 40.7. The molecule has 0 aliphatic heterocycles. The highest BCUT2D eigenvalue weighted by Crippen LogP contribution is 2.21. The Balaban J connectivity index is 1.08. The molecule has 2 atom stereocenters. The lowest BCUT2D eigenvalue weighted by molar-refractivity contribution is 0.0499. The largest absolute Gasteiger partial charge is 0.461 e. The van der Waals surface area contributed by atoms with E-state index in [4.69, 9.17) is 51.6 Å². The lowest BCUT2D eigenvalue weighted by atomic mass is 10.1. The summed E-state index contributed by atoms with van der Waals surface area (Å²) < 4.78 is 31.6. The first-order valence-electron chi connectivity index (χ1n) is 16.9. The molecule has 0 aromatic heterocycles. The average Bonchev–Trinajstić information content (AvgIpc) is 3.20. The topological polar surface area (TPSA) is 158 Å². The van der Waals surface area contributed by atoms with Crippen LogP contribution in [0.15, 0.2) is 121 Å². The van der Waals surface area contributed by atoms with Crippen LogP contribution in [0.25, 0.3) is 0 Å². The number of carbonyl (C=O) groups is 6. The fraction of sp³-hybridized carbons (Fsp3) is 0.143. The molecule has 0 amide bonds. The molecule has 5 rings (SSSR count). The molecule has 0 fully saturated rings. The minimum atomic E-state index is -0.711. The first-order valence-corrected chi connectivity index (χ1v) is 17.7. The van der Waals surface area contributed by atoms with E-state index in [9.17, 15) is 28.8 Å². The molecule has 0 saturated heterocycles. The van der Waals surface area contributed by atoms with Crippen LogP contribution in [0.2, 0.25) is 0 Å². The number of esters is 6. The van der Waals surface area contributed by atoms with Crippen LogP contribution < -0.4 is 18.9 Å². The Morgan fingerprint density at radius 2 is 0.536 bits per heavy atom. The number of rotatable bonds is 14. The summed E-state index contributed by atoms with van der Waals surface area (Å²) in [4.78, 5) is 74.8. The molecule has 56 heavy (non-hydrogen) atoms. The molecule has 0 aliphatic carbocycles. The summed E-state index contributed by atoms with van der Waals surface area (Å²) in [6, 6.07) is 28.6. The molecule has 2 unspecified atom stereocenters. The van der Waals surface area contributed by atoms with Crippen molar-refractivity contribution in [1.82, 2.24) is 0 Å². The number of hydrogen-bond donors (Lipinski definition) is 0. The molecular formula is C42H32Cl2O12. The third-order valence-corrected chi connectivity index (χ3v) is 7.70. The van der Waals surface area contributed by atoms with Crippen LogP contribution in [0.4, 0.5) is 0 Å². The molecule has 0 aliphatic rings. The molecule has 0 saturated carbocycles. The van der Waals surface area contributed by atoms with Crippen LogP contribution >= 0.6 is 23.2 Å². The number of benzene rings is 5. The van der Waals surface area contributed by atoms with E-state index in [1.807, 2.05) is 0 Å². The van der Waals surface area contributed by atoms with Crippen molar-refractivity contribution in [2.75, 3.05) is 13.2 Å². The molecule has 0 N–H and O–H groups in total. The van der Waals surface area contributed by atoms with E-state index in [0.29, 0.717) is 0 Å². The SMILES string of the molecule is CC(Cl)COC(=O)c1ccc(OC(=O)c2ccc(OC(=O)c3ccc(C(=O)Oc4ccc(C(=O)Oc5ccc(C(=O)OCC(C)Cl)cc5)cc4)cc3)cc2)cc1. The molecule has 14 heteroatoms. The van der Waals surface area contributed by atoms with E-state index in [1.54, 1.807) is 13.8 Å². The van der Waals surface area contributed by atoms with Crippen LogP contribution in [-0.4, -0.2) is 59.8 Å². The maximum atomic E-state index is 12.8. The van der Waals surface area contributed by atoms with Crippen LogP contribution in [-0.2, 0) is 9.47 Å². The second-order valence-electron chi connectivity index (χ2n) is 12.0. The van der Waals surface area contributed by atoms with Crippen molar-refractivity contribution in [3.63, 3.8) is 0 Å². The smallest absolute Gasteiger partial charge is 0.343 e. The van der Waals surface area contributed by atoms with Crippen molar-refractivity contribution in [2.45, 2.75) is 24.6 Å². The zero-order valence-corrected chi connectivity index (χ0v) is 31.3. The van der Waals surface area contributed by atoms with Gasteiger partial charge in [-0.1, -0.05) is 0 Å². The summed E-state index contributed by atoms with van der Waals surface area (Å²) in [6.07, 6.45) is 0. The lowest BCUT2D eigenvalue weighted by Crippen LogP contribution is -2.12. The van der Waals surface area contributed by atoms with Gasteiger partial charge in [0, 0.05) is 0 Å². The van der Waals surface area contributed by atoms with Gasteiger partial charge in [0.15, 0.2) is 0 Å². The summed E-state index contributed by atoms with van der Waals surface area (Å²) >= 11 is 11.6. The summed E-state index contributed by atoms with van der Waals surface area (Å²) in [5.74, 6) is -3.15. The van der Waals surface area contributed by atoms with Gasteiger partial charge < -0.3 is 28.4 Å². The van der Waals surface area contributed by atoms with Crippen molar-refractivity contribution in [1.29, 1.82) is 0 Å². The van der Waals surface area contributed by atoms with Gasteiger partial charge in [-0.05, 0) is 135 Å². The van der Waals surface area contributed by atoms with Crippen molar-refractivity contribution in [3.8, 4) is 23.0 Å². The lowest BCUT2D eigenvalue weighted by Gasteiger charge is -2.09. The van der Waals surface area contributed by atoms with Crippen molar-refractivity contribution >= 4 is 59.0 Å². The number of alkyl halides is 2. The van der Waals surface area contributed by atoms with Crippen LogP contribution in [0.5, 0.6) is 23.0 Å². The van der Waals surface area contributed by atoms with E-state index < -0.39 is 35.8 Å². The third kappa shape index (κ3) is 11.7. The van der Waals surface area contributed by atoms with Gasteiger partial charge >= 0.3 is 35.8 Å². The third-order valence-electron chi connectivity index (χ3n) is 7.45. The number of carbonyl (C=O) groups excluding carboxylic acids is 6. The Hall–Kier alpha value is -6.50. The highest BCUT2D eigenvalue weighted by Gasteiger charge is 2.17. The maximum absolute atomic E-state index is 12.8. The Morgan fingerprint density at radius 1 is 0.357 bits per heavy atom. The van der Waals surface area contributed by atoms with Gasteiger partial charge in [-0.3, -0.25) is 0 Å². The molecule has 0 heterocycles. The van der Waals surface area contributed by atoms with Gasteiger partial charge in [0.2, 0.25) is 0 Å². The fourth-order valence-corrected chi connectivity index (χ4v) is 4.72. The zero-order chi connectivity index (χ0) is 40.2. The quantitative estimate of drug-likeness (QED) is 0.0604. The second-order valence-corrected chi connectivity index (χ2v) is 13.5. The van der Waals surface area contributed by atoms with Crippen molar-refractivity contribution in [2.24, 2.45) is 0 Å². The van der Waals surface area contributed by atoms with Crippen LogP contribution in [0.1, 0.15) is 76.0 Å². The average molecular weight is 800 g/mol. The zero-order valence-electron chi connectivity index (χ0n) is 29.8. The Morgan fingerprint density at radius 3 is 0.732 bits per heavy atom.